The predicted molar refractivity (Wildman–Crippen MR) is 68.5 cm³/mol. The van der Waals surface area contributed by atoms with Crippen LogP contribution in [0.25, 0.3) is 4.85 Å². The molecule has 0 radical (unpaired) electrons. The maximum absolute atomic E-state index is 11.7. The van der Waals surface area contributed by atoms with Gasteiger partial charge in [0.2, 0.25) is 12.5 Å². The molecule has 1 atom stereocenters. The Hall–Kier alpha value is -1.34. The van der Waals surface area contributed by atoms with Gasteiger partial charge in [-0.25, -0.2) is 6.57 Å². The lowest BCUT2D eigenvalue weighted by atomic mass is 10.0. The van der Waals surface area contributed by atoms with Gasteiger partial charge in [0.25, 0.3) is 0 Å². The fraction of sp³-hybridized carbons (Fsp3) is 0.692. The zero-order valence-corrected chi connectivity index (χ0v) is 10.9. The summed E-state index contributed by atoms with van der Waals surface area (Å²) in [7, 11) is 0. The van der Waals surface area contributed by atoms with Crippen LogP contribution < -0.4 is 0 Å². The molecule has 0 aliphatic carbocycles. The van der Waals surface area contributed by atoms with Gasteiger partial charge in [-0.2, -0.15) is 0 Å². The van der Waals surface area contributed by atoms with Gasteiger partial charge in [-0.1, -0.05) is 6.58 Å². The highest BCUT2D eigenvalue weighted by Crippen LogP contribution is 2.19. The Morgan fingerprint density at radius 3 is 2.65 bits per heavy atom. The van der Waals surface area contributed by atoms with Crippen molar-refractivity contribution in [2.24, 2.45) is 0 Å². The third kappa shape index (κ3) is 3.31. The van der Waals surface area contributed by atoms with Crippen LogP contribution in [-0.4, -0.2) is 53.5 Å². The molecule has 1 aliphatic rings. The SMILES string of the molecule is [C-]#[N+]C[C@H]1CN(C(C)(C)C)CCN1C(=O)C=C. The van der Waals surface area contributed by atoms with Crippen LogP contribution in [0.1, 0.15) is 20.8 Å². The molecule has 1 saturated heterocycles. The highest BCUT2D eigenvalue weighted by Gasteiger charge is 2.35. The molecular formula is C13H21N3O. The summed E-state index contributed by atoms with van der Waals surface area (Å²) in [6.45, 7) is 19.7. The minimum absolute atomic E-state index is 0.00836. The normalized spacial score (nSPS) is 22.0. The number of nitrogens with zero attached hydrogens (tertiary/aromatic N) is 3. The van der Waals surface area contributed by atoms with E-state index < -0.39 is 0 Å². The van der Waals surface area contributed by atoms with Crippen LogP contribution in [0.2, 0.25) is 0 Å². The Morgan fingerprint density at radius 1 is 1.53 bits per heavy atom. The van der Waals surface area contributed by atoms with Crippen molar-refractivity contribution >= 4 is 5.91 Å². The summed E-state index contributed by atoms with van der Waals surface area (Å²) in [6.07, 6.45) is 1.34. The van der Waals surface area contributed by atoms with E-state index in [0.29, 0.717) is 13.1 Å². The van der Waals surface area contributed by atoms with Crippen LogP contribution in [0.3, 0.4) is 0 Å². The number of hydrogen-bond donors (Lipinski definition) is 0. The summed E-state index contributed by atoms with van der Waals surface area (Å²) >= 11 is 0. The molecule has 1 rings (SSSR count). The van der Waals surface area contributed by atoms with E-state index in [1.54, 1.807) is 4.90 Å². The van der Waals surface area contributed by atoms with Crippen molar-refractivity contribution in [2.75, 3.05) is 26.2 Å². The van der Waals surface area contributed by atoms with Crippen molar-refractivity contribution in [2.45, 2.75) is 32.4 Å². The van der Waals surface area contributed by atoms with Gasteiger partial charge in [0, 0.05) is 25.2 Å². The summed E-state index contributed by atoms with van der Waals surface area (Å²) in [6, 6.07) is -0.00836. The zero-order valence-electron chi connectivity index (χ0n) is 10.9. The lowest BCUT2D eigenvalue weighted by Gasteiger charge is -2.45. The maximum atomic E-state index is 11.7. The molecule has 1 heterocycles. The third-order valence-electron chi connectivity index (χ3n) is 3.19. The first-order valence-electron chi connectivity index (χ1n) is 5.91. The maximum Gasteiger partial charge on any atom is 0.246 e. The summed E-state index contributed by atoms with van der Waals surface area (Å²) in [5.74, 6) is -0.0628. The first-order chi connectivity index (χ1) is 7.90. The Bertz CT molecular complexity index is 338. The lowest BCUT2D eigenvalue weighted by molar-refractivity contribution is -0.131. The molecule has 0 aromatic carbocycles. The fourth-order valence-electron chi connectivity index (χ4n) is 2.13. The highest BCUT2D eigenvalue weighted by molar-refractivity contribution is 5.87. The van der Waals surface area contributed by atoms with Gasteiger partial charge in [-0.15, -0.1) is 0 Å². The molecule has 0 spiro atoms. The molecule has 0 aromatic rings. The standard InChI is InChI=1S/C13H21N3O/c1-6-12(17)16-8-7-15(13(2,3)4)10-11(16)9-14-5/h6,11H,1,7-10H2,2-4H3/t11-/m0/s1. The van der Waals surface area contributed by atoms with Crippen LogP contribution in [0.4, 0.5) is 0 Å². The van der Waals surface area contributed by atoms with E-state index in [1.165, 1.54) is 6.08 Å². The van der Waals surface area contributed by atoms with Gasteiger partial charge < -0.3 is 9.74 Å². The molecule has 0 unspecified atom stereocenters. The zero-order chi connectivity index (χ0) is 13.1. The molecule has 0 aromatic heterocycles. The smallest absolute Gasteiger partial charge is 0.246 e. The van der Waals surface area contributed by atoms with Crippen LogP contribution in [-0.2, 0) is 4.79 Å². The van der Waals surface area contributed by atoms with Gasteiger partial charge in [-0.05, 0) is 26.8 Å². The third-order valence-corrected chi connectivity index (χ3v) is 3.19. The molecule has 0 bridgehead atoms. The number of amides is 1. The molecule has 0 N–H and O–H groups in total. The van der Waals surface area contributed by atoms with E-state index in [2.05, 4.69) is 37.1 Å². The predicted octanol–water partition coefficient (Wildman–Crippen LogP) is 1.40. The van der Waals surface area contributed by atoms with E-state index in [-0.39, 0.29) is 17.5 Å². The summed E-state index contributed by atoms with van der Waals surface area (Å²) in [5, 5.41) is 0. The van der Waals surface area contributed by atoms with Gasteiger partial charge in [0.15, 0.2) is 0 Å². The number of carbonyl (C=O) groups excluding carboxylic acids is 1. The second-order valence-corrected chi connectivity index (χ2v) is 5.35. The number of hydrogen-bond acceptors (Lipinski definition) is 2. The Morgan fingerprint density at radius 2 is 2.18 bits per heavy atom. The van der Waals surface area contributed by atoms with Gasteiger partial charge in [-0.3, -0.25) is 9.69 Å². The van der Waals surface area contributed by atoms with E-state index in [4.69, 9.17) is 6.57 Å². The van der Waals surface area contributed by atoms with E-state index >= 15 is 0 Å². The van der Waals surface area contributed by atoms with Crippen molar-refractivity contribution < 1.29 is 4.79 Å². The molecule has 0 saturated carbocycles. The largest absolute Gasteiger partial charge is 0.326 e. The highest BCUT2D eigenvalue weighted by atomic mass is 16.2. The Kier molecular flexibility index (Phi) is 4.30. The van der Waals surface area contributed by atoms with Crippen LogP contribution in [0.15, 0.2) is 12.7 Å². The second kappa shape index (κ2) is 5.33. The molecular weight excluding hydrogens is 214 g/mol. The van der Waals surface area contributed by atoms with Gasteiger partial charge in [0.05, 0.1) is 0 Å². The summed E-state index contributed by atoms with van der Waals surface area (Å²) in [5.41, 5.74) is 0.0869. The molecule has 94 valence electrons. The Balaban J connectivity index is 2.78. The average Bonchev–Trinajstić information content (AvgIpc) is 2.27. The lowest BCUT2D eigenvalue weighted by Crippen LogP contribution is -2.60. The molecule has 1 fully saturated rings. The van der Waals surface area contributed by atoms with Crippen LogP contribution in [0.5, 0.6) is 0 Å². The second-order valence-electron chi connectivity index (χ2n) is 5.35. The molecule has 4 heteroatoms. The van der Waals surface area contributed by atoms with E-state index in [1.807, 2.05) is 0 Å². The summed E-state index contributed by atoms with van der Waals surface area (Å²) < 4.78 is 0. The molecule has 1 aliphatic heterocycles. The first kappa shape index (κ1) is 13.7. The minimum atomic E-state index is -0.0628. The van der Waals surface area contributed by atoms with Crippen molar-refractivity contribution in [1.82, 2.24) is 9.80 Å². The first-order valence-corrected chi connectivity index (χ1v) is 5.91. The number of carbonyl (C=O) groups is 1. The number of rotatable bonds is 2. The van der Waals surface area contributed by atoms with Gasteiger partial charge in [0.1, 0.15) is 6.04 Å². The van der Waals surface area contributed by atoms with Gasteiger partial charge >= 0.3 is 0 Å². The van der Waals surface area contributed by atoms with Crippen molar-refractivity contribution in [3.05, 3.63) is 24.1 Å². The quantitative estimate of drug-likeness (QED) is 0.534. The number of piperazine rings is 1. The van der Waals surface area contributed by atoms with Crippen molar-refractivity contribution in [3.8, 4) is 0 Å². The van der Waals surface area contributed by atoms with Crippen molar-refractivity contribution in [1.29, 1.82) is 0 Å². The molecule has 17 heavy (non-hydrogen) atoms. The monoisotopic (exact) mass is 235 g/mol. The minimum Gasteiger partial charge on any atom is -0.326 e. The van der Waals surface area contributed by atoms with Crippen LogP contribution >= 0.6 is 0 Å². The van der Waals surface area contributed by atoms with E-state index in [9.17, 15) is 4.79 Å². The van der Waals surface area contributed by atoms with E-state index in [0.717, 1.165) is 13.1 Å². The van der Waals surface area contributed by atoms with Crippen molar-refractivity contribution in [3.63, 3.8) is 0 Å². The molecule has 4 nitrogen and oxygen atoms in total. The topological polar surface area (TPSA) is 27.9 Å². The fourth-order valence-corrected chi connectivity index (χ4v) is 2.13. The Labute approximate surface area is 104 Å². The average molecular weight is 235 g/mol. The molecule has 1 amide bonds. The summed E-state index contributed by atoms with van der Waals surface area (Å²) in [4.78, 5) is 19.2. The van der Waals surface area contributed by atoms with Crippen LogP contribution in [0, 0.1) is 6.57 Å².